The van der Waals surface area contributed by atoms with Crippen LogP contribution in [0.25, 0.3) is 21.0 Å². The molecular formula is C13H11N3O4S. The number of methoxy groups -OCH3 is 1. The lowest BCUT2D eigenvalue weighted by Crippen LogP contribution is -1.98. The Hall–Kier alpha value is -2.48. The molecule has 0 aliphatic carbocycles. The molecule has 0 aliphatic rings. The summed E-state index contributed by atoms with van der Waals surface area (Å²) in [5.74, 6) is 0.970. The minimum absolute atomic E-state index is 0.0406. The quantitative estimate of drug-likeness (QED) is 0.684. The first-order valence-electron chi connectivity index (χ1n) is 6.06. The van der Waals surface area contributed by atoms with Crippen molar-refractivity contribution in [1.82, 2.24) is 15.1 Å². The number of fused-ring (bicyclic) bond motifs is 1. The van der Waals surface area contributed by atoms with Crippen molar-refractivity contribution in [3.63, 3.8) is 0 Å². The number of carbonyl (C=O) groups excluding carboxylic acids is 1. The van der Waals surface area contributed by atoms with Crippen LogP contribution in [0, 0.1) is 0 Å². The topological polar surface area (TPSA) is 87.3 Å². The summed E-state index contributed by atoms with van der Waals surface area (Å²) in [7, 11) is 1.61. The van der Waals surface area contributed by atoms with E-state index in [1.807, 2.05) is 18.2 Å². The van der Waals surface area contributed by atoms with Gasteiger partial charge in [0.25, 0.3) is 5.89 Å². The van der Waals surface area contributed by atoms with Crippen LogP contribution in [0.5, 0.6) is 5.75 Å². The van der Waals surface area contributed by atoms with Gasteiger partial charge in [-0.25, -0.2) is 4.98 Å². The highest BCUT2D eigenvalue weighted by Crippen LogP contribution is 2.30. The van der Waals surface area contributed by atoms with Crippen molar-refractivity contribution in [2.45, 2.75) is 13.5 Å². The molecule has 0 unspecified atom stereocenters. The number of thiazole rings is 1. The van der Waals surface area contributed by atoms with Gasteiger partial charge in [0.2, 0.25) is 5.82 Å². The van der Waals surface area contributed by atoms with Crippen molar-refractivity contribution in [3.8, 4) is 16.6 Å². The minimum atomic E-state index is -0.401. The van der Waals surface area contributed by atoms with Crippen molar-refractivity contribution < 1.29 is 18.8 Å². The van der Waals surface area contributed by atoms with Gasteiger partial charge >= 0.3 is 5.97 Å². The molecule has 2 aromatic heterocycles. The standard InChI is InChI=1S/C13H11N3O4S/c1-7(17)19-6-11-15-12(16-20-11)13-14-9-4-3-8(18-2)5-10(9)21-13/h3-5H,6H2,1-2H3. The molecule has 0 amide bonds. The third kappa shape index (κ3) is 2.84. The van der Waals surface area contributed by atoms with Gasteiger partial charge in [-0.1, -0.05) is 5.16 Å². The summed E-state index contributed by atoms with van der Waals surface area (Å²) in [4.78, 5) is 19.3. The number of carbonyl (C=O) groups is 1. The fraction of sp³-hybridized carbons (Fsp3) is 0.231. The summed E-state index contributed by atoms with van der Waals surface area (Å²) < 4.78 is 16.0. The van der Waals surface area contributed by atoms with E-state index in [0.717, 1.165) is 16.0 Å². The number of ether oxygens (including phenoxy) is 2. The Morgan fingerprint density at radius 3 is 3.00 bits per heavy atom. The molecule has 8 heteroatoms. The second-order valence-corrected chi connectivity index (χ2v) is 5.18. The predicted molar refractivity (Wildman–Crippen MR) is 74.9 cm³/mol. The number of rotatable bonds is 4. The summed E-state index contributed by atoms with van der Waals surface area (Å²) in [5.41, 5.74) is 0.835. The van der Waals surface area contributed by atoms with Gasteiger partial charge < -0.3 is 14.0 Å². The second-order valence-electron chi connectivity index (χ2n) is 4.14. The van der Waals surface area contributed by atoms with Gasteiger partial charge in [0.15, 0.2) is 11.6 Å². The summed E-state index contributed by atoms with van der Waals surface area (Å²) in [5, 5.41) is 4.48. The van der Waals surface area contributed by atoms with E-state index >= 15 is 0 Å². The molecule has 1 aromatic carbocycles. The normalized spacial score (nSPS) is 10.8. The van der Waals surface area contributed by atoms with Crippen LogP contribution < -0.4 is 4.74 Å². The highest BCUT2D eigenvalue weighted by Gasteiger charge is 2.14. The summed E-state index contributed by atoms with van der Waals surface area (Å²) in [6.07, 6.45) is 0. The maximum Gasteiger partial charge on any atom is 0.303 e. The summed E-state index contributed by atoms with van der Waals surface area (Å²) in [6.45, 7) is 1.28. The van der Waals surface area contributed by atoms with Gasteiger partial charge in [-0.2, -0.15) is 4.98 Å². The Morgan fingerprint density at radius 2 is 2.24 bits per heavy atom. The highest BCUT2D eigenvalue weighted by atomic mass is 32.1. The van der Waals surface area contributed by atoms with Gasteiger partial charge in [-0.3, -0.25) is 4.79 Å². The van der Waals surface area contributed by atoms with Crippen LogP contribution in [-0.4, -0.2) is 28.2 Å². The van der Waals surface area contributed by atoms with Crippen LogP contribution >= 0.6 is 11.3 Å². The van der Waals surface area contributed by atoms with Gasteiger partial charge in [-0.05, 0) is 18.2 Å². The Morgan fingerprint density at radius 1 is 1.38 bits per heavy atom. The fourth-order valence-electron chi connectivity index (χ4n) is 1.69. The number of benzene rings is 1. The number of hydrogen-bond donors (Lipinski definition) is 0. The fourth-order valence-corrected chi connectivity index (χ4v) is 2.61. The molecule has 108 valence electrons. The molecule has 0 N–H and O–H groups in total. The molecule has 0 aliphatic heterocycles. The average Bonchev–Trinajstić information content (AvgIpc) is 3.10. The molecular weight excluding hydrogens is 294 g/mol. The number of esters is 1. The number of aromatic nitrogens is 3. The first kappa shape index (κ1) is 13.5. The second kappa shape index (κ2) is 5.49. The Bertz CT molecular complexity index is 796. The molecule has 0 saturated heterocycles. The Kier molecular flexibility index (Phi) is 3.53. The molecule has 0 fully saturated rings. The molecule has 3 aromatic rings. The van der Waals surface area contributed by atoms with E-state index in [0.29, 0.717) is 10.8 Å². The Labute approximate surface area is 123 Å². The van der Waals surface area contributed by atoms with Crippen molar-refractivity contribution in [3.05, 3.63) is 24.1 Å². The van der Waals surface area contributed by atoms with E-state index in [1.165, 1.54) is 18.3 Å². The molecule has 0 bridgehead atoms. The largest absolute Gasteiger partial charge is 0.497 e. The van der Waals surface area contributed by atoms with E-state index in [4.69, 9.17) is 14.0 Å². The highest BCUT2D eigenvalue weighted by molar-refractivity contribution is 7.21. The van der Waals surface area contributed by atoms with Gasteiger partial charge in [0, 0.05) is 6.92 Å². The zero-order valence-corrected chi connectivity index (χ0v) is 12.1. The zero-order valence-electron chi connectivity index (χ0n) is 11.3. The molecule has 0 saturated carbocycles. The predicted octanol–water partition coefficient (Wildman–Crippen LogP) is 2.42. The van der Waals surface area contributed by atoms with E-state index in [2.05, 4.69) is 15.1 Å². The average molecular weight is 305 g/mol. The maximum atomic E-state index is 10.7. The van der Waals surface area contributed by atoms with E-state index in [1.54, 1.807) is 7.11 Å². The first-order chi connectivity index (χ1) is 10.2. The van der Waals surface area contributed by atoms with Crippen LogP contribution in [0.4, 0.5) is 0 Å². The molecule has 0 spiro atoms. The van der Waals surface area contributed by atoms with Crippen molar-refractivity contribution in [2.75, 3.05) is 7.11 Å². The van der Waals surface area contributed by atoms with E-state index in [-0.39, 0.29) is 12.5 Å². The SMILES string of the molecule is COc1ccc2nc(-c3noc(COC(C)=O)n3)sc2c1. The lowest BCUT2D eigenvalue weighted by atomic mass is 10.3. The van der Waals surface area contributed by atoms with Gasteiger partial charge in [0.05, 0.1) is 17.3 Å². The maximum absolute atomic E-state index is 10.7. The van der Waals surface area contributed by atoms with Crippen LogP contribution in [0.1, 0.15) is 12.8 Å². The lowest BCUT2D eigenvalue weighted by Gasteiger charge is -1.96. The van der Waals surface area contributed by atoms with E-state index in [9.17, 15) is 4.79 Å². The van der Waals surface area contributed by atoms with Crippen LogP contribution in [0.3, 0.4) is 0 Å². The van der Waals surface area contributed by atoms with E-state index < -0.39 is 5.97 Å². The molecule has 0 atom stereocenters. The molecule has 3 rings (SSSR count). The molecule has 21 heavy (non-hydrogen) atoms. The number of hydrogen-bond acceptors (Lipinski definition) is 8. The molecule has 7 nitrogen and oxygen atoms in total. The smallest absolute Gasteiger partial charge is 0.303 e. The third-order valence-electron chi connectivity index (χ3n) is 2.65. The monoisotopic (exact) mass is 305 g/mol. The summed E-state index contributed by atoms with van der Waals surface area (Å²) >= 11 is 1.43. The van der Waals surface area contributed by atoms with Gasteiger partial charge in [-0.15, -0.1) is 11.3 Å². The zero-order chi connectivity index (χ0) is 14.8. The lowest BCUT2D eigenvalue weighted by molar-refractivity contribution is -0.143. The molecule has 0 radical (unpaired) electrons. The van der Waals surface area contributed by atoms with Crippen LogP contribution in [0.15, 0.2) is 22.7 Å². The Balaban J connectivity index is 1.88. The third-order valence-corrected chi connectivity index (χ3v) is 3.67. The molecule has 2 heterocycles. The van der Waals surface area contributed by atoms with Gasteiger partial charge in [0.1, 0.15) is 5.75 Å². The van der Waals surface area contributed by atoms with Crippen molar-refractivity contribution in [1.29, 1.82) is 0 Å². The first-order valence-corrected chi connectivity index (χ1v) is 6.88. The number of nitrogens with zero attached hydrogens (tertiary/aromatic N) is 3. The van der Waals surface area contributed by atoms with Crippen LogP contribution in [0.2, 0.25) is 0 Å². The minimum Gasteiger partial charge on any atom is -0.497 e. The van der Waals surface area contributed by atoms with Crippen LogP contribution in [-0.2, 0) is 16.1 Å². The van der Waals surface area contributed by atoms with Crippen molar-refractivity contribution in [2.24, 2.45) is 0 Å². The summed E-state index contributed by atoms with van der Waals surface area (Å²) in [6, 6.07) is 5.61. The van der Waals surface area contributed by atoms with Crippen molar-refractivity contribution >= 4 is 27.5 Å².